The van der Waals surface area contributed by atoms with Gasteiger partial charge >= 0.3 is 0 Å². The topological polar surface area (TPSA) is 78.3 Å². The molecule has 1 atom stereocenters. The lowest BCUT2D eigenvalue weighted by molar-refractivity contribution is -0.113. The highest BCUT2D eigenvalue weighted by Gasteiger charge is 2.20. The van der Waals surface area contributed by atoms with Gasteiger partial charge in [0.25, 0.3) is 0 Å². The van der Waals surface area contributed by atoms with Gasteiger partial charge in [0.1, 0.15) is 11.5 Å². The van der Waals surface area contributed by atoms with Gasteiger partial charge in [-0.3, -0.25) is 9.36 Å². The summed E-state index contributed by atoms with van der Waals surface area (Å²) >= 11 is 7.32. The molecule has 0 radical (unpaired) electrons. The predicted molar refractivity (Wildman–Crippen MR) is 133 cm³/mol. The fourth-order valence-electron chi connectivity index (χ4n) is 3.28. The predicted octanol–water partition coefficient (Wildman–Crippen LogP) is 5.61. The fourth-order valence-corrected chi connectivity index (χ4v) is 4.20. The molecule has 174 valence electrons. The van der Waals surface area contributed by atoms with Crippen LogP contribution >= 0.6 is 23.4 Å². The van der Waals surface area contributed by atoms with Crippen molar-refractivity contribution in [2.75, 3.05) is 18.2 Å². The number of methoxy groups -OCH3 is 1. The molecule has 1 unspecified atom stereocenters. The van der Waals surface area contributed by atoms with Gasteiger partial charge in [0.15, 0.2) is 17.1 Å². The van der Waals surface area contributed by atoms with Crippen molar-refractivity contribution in [1.29, 1.82) is 0 Å². The molecule has 1 heterocycles. The van der Waals surface area contributed by atoms with Crippen LogP contribution in [-0.4, -0.2) is 33.5 Å². The molecular weight excluding hydrogens is 460 g/mol. The molecular formula is C24H27ClN4O3S. The number of carbonyl (C=O) groups excluding carboxylic acids is 1. The van der Waals surface area contributed by atoms with Gasteiger partial charge in [0, 0.05) is 11.6 Å². The first-order valence-electron chi connectivity index (χ1n) is 10.4. The molecule has 1 amide bonds. The maximum absolute atomic E-state index is 12.5. The van der Waals surface area contributed by atoms with Crippen molar-refractivity contribution < 1.29 is 14.3 Å². The SMILES string of the molecule is C=CCn1c(SCC(=O)Nc2cc(Cl)ccc2OC)nnc1C(C)Oc1ccc(C)cc1C. The molecule has 0 fully saturated rings. The van der Waals surface area contributed by atoms with Crippen LogP contribution in [0.3, 0.4) is 0 Å². The van der Waals surface area contributed by atoms with Gasteiger partial charge in [-0.15, -0.1) is 16.8 Å². The third-order valence-corrected chi connectivity index (χ3v) is 6.02. The molecule has 3 rings (SSSR count). The van der Waals surface area contributed by atoms with E-state index in [2.05, 4.69) is 28.2 Å². The van der Waals surface area contributed by atoms with E-state index in [-0.39, 0.29) is 17.8 Å². The van der Waals surface area contributed by atoms with Crippen molar-refractivity contribution in [3.63, 3.8) is 0 Å². The molecule has 9 heteroatoms. The van der Waals surface area contributed by atoms with Crippen LogP contribution in [0.15, 0.2) is 54.2 Å². The minimum Gasteiger partial charge on any atom is -0.495 e. The lowest BCUT2D eigenvalue weighted by atomic mass is 10.1. The Morgan fingerprint density at radius 1 is 1.24 bits per heavy atom. The first kappa shape index (κ1) is 24.7. The minimum atomic E-state index is -0.335. The first-order chi connectivity index (χ1) is 15.8. The Bertz CT molecular complexity index is 1150. The van der Waals surface area contributed by atoms with Gasteiger partial charge in [-0.2, -0.15) is 0 Å². The van der Waals surface area contributed by atoms with E-state index in [4.69, 9.17) is 21.1 Å². The molecule has 0 bridgehead atoms. The Kier molecular flexibility index (Phi) is 8.41. The number of amides is 1. The number of rotatable bonds is 10. The highest BCUT2D eigenvalue weighted by molar-refractivity contribution is 7.99. The number of allylic oxidation sites excluding steroid dienone is 1. The summed E-state index contributed by atoms with van der Waals surface area (Å²) in [4.78, 5) is 12.5. The zero-order chi connectivity index (χ0) is 24.0. The van der Waals surface area contributed by atoms with Crippen molar-refractivity contribution in [3.8, 4) is 11.5 Å². The van der Waals surface area contributed by atoms with Crippen LogP contribution in [0.25, 0.3) is 0 Å². The summed E-state index contributed by atoms with van der Waals surface area (Å²) < 4.78 is 13.3. The number of aryl methyl sites for hydroxylation is 2. The number of nitrogens with zero attached hydrogens (tertiary/aromatic N) is 3. The molecule has 7 nitrogen and oxygen atoms in total. The van der Waals surface area contributed by atoms with Gasteiger partial charge in [0.05, 0.1) is 18.6 Å². The van der Waals surface area contributed by atoms with E-state index in [1.54, 1.807) is 24.3 Å². The molecule has 2 aromatic carbocycles. The van der Waals surface area contributed by atoms with E-state index in [1.807, 2.05) is 37.5 Å². The van der Waals surface area contributed by atoms with E-state index in [0.29, 0.717) is 34.0 Å². The maximum Gasteiger partial charge on any atom is 0.234 e. The van der Waals surface area contributed by atoms with Gasteiger partial charge in [-0.05, 0) is 50.6 Å². The Labute approximate surface area is 203 Å². The second-order valence-corrected chi connectivity index (χ2v) is 8.83. The monoisotopic (exact) mass is 486 g/mol. The number of anilines is 1. The number of hydrogen-bond acceptors (Lipinski definition) is 6. The summed E-state index contributed by atoms with van der Waals surface area (Å²) in [6, 6.07) is 11.1. The van der Waals surface area contributed by atoms with Gasteiger partial charge in [-0.25, -0.2) is 0 Å². The Balaban J connectivity index is 1.70. The summed E-state index contributed by atoms with van der Waals surface area (Å²) in [6.45, 7) is 10.3. The van der Waals surface area contributed by atoms with Crippen molar-refractivity contribution in [2.45, 2.75) is 38.6 Å². The molecule has 0 aliphatic carbocycles. The zero-order valence-corrected chi connectivity index (χ0v) is 20.7. The largest absolute Gasteiger partial charge is 0.495 e. The van der Waals surface area contributed by atoms with Crippen molar-refractivity contribution in [1.82, 2.24) is 14.8 Å². The molecule has 0 aliphatic rings. The summed E-state index contributed by atoms with van der Waals surface area (Å²) in [7, 11) is 1.54. The molecule has 1 N–H and O–H groups in total. The van der Waals surface area contributed by atoms with Crippen LogP contribution in [-0.2, 0) is 11.3 Å². The van der Waals surface area contributed by atoms with Crippen LogP contribution < -0.4 is 14.8 Å². The highest BCUT2D eigenvalue weighted by Crippen LogP contribution is 2.29. The standard InChI is InChI=1S/C24H27ClN4O3S/c1-6-11-29-23(17(4)32-20-9-7-15(2)12-16(20)3)27-28-24(29)33-14-22(30)26-19-13-18(25)8-10-21(19)31-5/h6-10,12-13,17H,1,11,14H2,2-5H3,(H,26,30). The Hall–Kier alpha value is -2.97. The average molecular weight is 487 g/mol. The number of hydrogen-bond donors (Lipinski definition) is 1. The second kappa shape index (κ2) is 11.2. The number of nitrogens with one attached hydrogen (secondary N) is 1. The van der Waals surface area contributed by atoms with Crippen LogP contribution in [0.5, 0.6) is 11.5 Å². The van der Waals surface area contributed by atoms with Crippen molar-refractivity contribution in [2.24, 2.45) is 0 Å². The second-order valence-electron chi connectivity index (χ2n) is 7.45. The average Bonchev–Trinajstić information content (AvgIpc) is 3.17. The Morgan fingerprint density at radius 2 is 2.00 bits per heavy atom. The van der Waals surface area contributed by atoms with E-state index in [9.17, 15) is 4.79 Å². The molecule has 1 aromatic heterocycles. The quantitative estimate of drug-likeness (QED) is 0.296. The normalized spacial score (nSPS) is 11.7. The smallest absolute Gasteiger partial charge is 0.234 e. The third-order valence-electron chi connectivity index (χ3n) is 4.82. The van der Waals surface area contributed by atoms with E-state index >= 15 is 0 Å². The molecule has 3 aromatic rings. The molecule has 0 aliphatic heterocycles. The molecule has 0 saturated heterocycles. The van der Waals surface area contributed by atoms with Crippen LogP contribution in [0.4, 0.5) is 5.69 Å². The number of aromatic nitrogens is 3. The summed E-state index contributed by atoms with van der Waals surface area (Å²) in [6.07, 6.45) is 1.43. The van der Waals surface area contributed by atoms with Gasteiger partial charge < -0.3 is 14.8 Å². The first-order valence-corrected chi connectivity index (χ1v) is 11.7. The van der Waals surface area contributed by atoms with E-state index in [0.717, 1.165) is 11.3 Å². The van der Waals surface area contributed by atoms with Crippen molar-refractivity contribution in [3.05, 3.63) is 71.0 Å². The molecule has 0 spiro atoms. The van der Waals surface area contributed by atoms with Crippen LogP contribution in [0, 0.1) is 13.8 Å². The summed E-state index contributed by atoms with van der Waals surface area (Å²) in [5.41, 5.74) is 2.74. The summed E-state index contributed by atoms with van der Waals surface area (Å²) in [5, 5.41) is 12.5. The number of ether oxygens (including phenoxy) is 2. The van der Waals surface area contributed by atoms with E-state index in [1.165, 1.54) is 24.4 Å². The number of thioether (sulfide) groups is 1. The lowest BCUT2D eigenvalue weighted by Crippen LogP contribution is -2.16. The number of benzene rings is 2. The minimum absolute atomic E-state index is 0.136. The number of halogens is 1. The number of carbonyl (C=O) groups is 1. The van der Waals surface area contributed by atoms with Crippen LogP contribution in [0.1, 0.15) is 30.0 Å². The Morgan fingerprint density at radius 3 is 2.70 bits per heavy atom. The van der Waals surface area contributed by atoms with Crippen LogP contribution in [0.2, 0.25) is 5.02 Å². The maximum atomic E-state index is 12.5. The highest BCUT2D eigenvalue weighted by atomic mass is 35.5. The summed E-state index contributed by atoms with van der Waals surface area (Å²) in [5.74, 6) is 1.92. The third kappa shape index (κ3) is 6.30. The molecule has 33 heavy (non-hydrogen) atoms. The zero-order valence-electron chi connectivity index (χ0n) is 19.1. The lowest BCUT2D eigenvalue weighted by Gasteiger charge is -2.17. The van der Waals surface area contributed by atoms with Gasteiger partial charge in [-0.1, -0.05) is 47.1 Å². The van der Waals surface area contributed by atoms with E-state index < -0.39 is 0 Å². The van der Waals surface area contributed by atoms with Gasteiger partial charge in [0.2, 0.25) is 5.91 Å². The van der Waals surface area contributed by atoms with Crippen molar-refractivity contribution >= 4 is 35.0 Å². The molecule has 0 saturated carbocycles. The fraction of sp³-hybridized carbons (Fsp3) is 0.292.